The van der Waals surface area contributed by atoms with E-state index in [1.165, 1.54) is 28.7 Å². The van der Waals surface area contributed by atoms with Crippen LogP contribution in [-0.4, -0.2) is 0 Å². The Morgan fingerprint density at radius 3 is 2.25 bits per heavy atom. The van der Waals surface area contributed by atoms with E-state index in [1.807, 2.05) is 0 Å². The van der Waals surface area contributed by atoms with Crippen LogP contribution in [-0.2, 0) is 6.42 Å². The molecule has 0 radical (unpaired) electrons. The minimum Gasteiger partial charge on any atom is -0.117 e. The molecule has 2 aromatic carbocycles. The molecule has 0 fully saturated rings. The number of alkyl halides is 1. The maximum absolute atomic E-state index is 6.56. The minimum atomic E-state index is 0.0442. The van der Waals surface area contributed by atoms with Crippen LogP contribution in [0.5, 0.6) is 0 Å². The van der Waals surface area contributed by atoms with Crippen molar-refractivity contribution in [3.05, 3.63) is 70.8 Å². The molecular formula is C19H23Cl. The molecule has 0 aliphatic heterocycles. The van der Waals surface area contributed by atoms with Gasteiger partial charge in [0.15, 0.2) is 0 Å². The molecule has 0 spiro atoms. The lowest BCUT2D eigenvalue weighted by Crippen LogP contribution is -1.98. The first-order valence-corrected chi connectivity index (χ1v) is 7.83. The van der Waals surface area contributed by atoms with Gasteiger partial charge in [-0.25, -0.2) is 0 Å². The summed E-state index contributed by atoms with van der Waals surface area (Å²) in [7, 11) is 0. The lowest BCUT2D eigenvalue weighted by Gasteiger charge is -2.13. The zero-order valence-electron chi connectivity index (χ0n) is 12.6. The zero-order chi connectivity index (χ0) is 14.5. The molecule has 0 aliphatic carbocycles. The van der Waals surface area contributed by atoms with E-state index >= 15 is 0 Å². The van der Waals surface area contributed by atoms with E-state index in [1.54, 1.807) is 0 Å². The van der Waals surface area contributed by atoms with Gasteiger partial charge in [0.05, 0.1) is 5.38 Å². The van der Waals surface area contributed by atoms with Gasteiger partial charge in [-0.05, 0) is 42.4 Å². The molecule has 0 saturated carbocycles. The van der Waals surface area contributed by atoms with Crippen molar-refractivity contribution in [2.45, 2.75) is 44.9 Å². The maximum atomic E-state index is 6.56. The molecule has 20 heavy (non-hydrogen) atoms. The predicted octanol–water partition coefficient (Wildman–Crippen LogP) is 6.03. The highest BCUT2D eigenvalue weighted by Gasteiger charge is 2.10. The average molecular weight is 287 g/mol. The van der Waals surface area contributed by atoms with Crippen molar-refractivity contribution >= 4 is 11.6 Å². The standard InChI is InChI=1S/C19H23Cl/c1-4-15(3)17-8-10-18(11-9-17)19(20)13-16-7-5-6-14(2)12-16/h5-12,15,19H,4,13H2,1-3H3. The Bertz CT molecular complexity index is 542. The van der Waals surface area contributed by atoms with E-state index in [2.05, 4.69) is 69.3 Å². The van der Waals surface area contributed by atoms with Gasteiger partial charge in [0, 0.05) is 0 Å². The van der Waals surface area contributed by atoms with Crippen LogP contribution in [0.4, 0.5) is 0 Å². The fourth-order valence-corrected chi connectivity index (χ4v) is 2.76. The summed E-state index contributed by atoms with van der Waals surface area (Å²) in [5, 5.41) is 0.0442. The van der Waals surface area contributed by atoms with Gasteiger partial charge in [-0.1, -0.05) is 67.9 Å². The van der Waals surface area contributed by atoms with E-state index in [9.17, 15) is 0 Å². The topological polar surface area (TPSA) is 0 Å². The molecule has 0 aromatic heterocycles. The fourth-order valence-electron chi connectivity index (χ4n) is 2.43. The highest BCUT2D eigenvalue weighted by atomic mass is 35.5. The van der Waals surface area contributed by atoms with Gasteiger partial charge >= 0.3 is 0 Å². The highest BCUT2D eigenvalue weighted by Crippen LogP contribution is 2.27. The van der Waals surface area contributed by atoms with E-state index in [0.29, 0.717) is 5.92 Å². The van der Waals surface area contributed by atoms with Crippen LogP contribution < -0.4 is 0 Å². The van der Waals surface area contributed by atoms with Crippen LogP contribution >= 0.6 is 11.6 Å². The Balaban J connectivity index is 2.07. The van der Waals surface area contributed by atoms with Crippen molar-refractivity contribution in [2.75, 3.05) is 0 Å². The van der Waals surface area contributed by atoms with Gasteiger partial charge in [0.1, 0.15) is 0 Å². The molecule has 2 rings (SSSR count). The third kappa shape index (κ3) is 3.86. The Labute approximate surface area is 127 Å². The molecule has 2 atom stereocenters. The van der Waals surface area contributed by atoms with Crippen LogP contribution in [0, 0.1) is 6.92 Å². The van der Waals surface area contributed by atoms with Crippen LogP contribution in [0.3, 0.4) is 0 Å². The number of rotatable bonds is 5. The smallest absolute Gasteiger partial charge is 0.0625 e. The number of aryl methyl sites for hydroxylation is 1. The second-order valence-electron chi connectivity index (χ2n) is 5.64. The Kier molecular flexibility index (Phi) is 5.25. The molecular weight excluding hydrogens is 264 g/mol. The van der Waals surface area contributed by atoms with Gasteiger partial charge < -0.3 is 0 Å². The van der Waals surface area contributed by atoms with Crippen LogP contribution in [0.2, 0.25) is 0 Å². The van der Waals surface area contributed by atoms with Crippen LogP contribution in [0.15, 0.2) is 48.5 Å². The van der Waals surface area contributed by atoms with Crippen molar-refractivity contribution in [1.82, 2.24) is 0 Å². The molecule has 0 saturated heterocycles. The van der Waals surface area contributed by atoms with Gasteiger partial charge in [-0.2, -0.15) is 0 Å². The maximum Gasteiger partial charge on any atom is 0.0625 e. The monoisotopic (exact) mass is 286 g/mol. The molecule has 0 N–H and O–H groups in total. The van der Waals surface area contributed by atoms with E-state index < -0.39 is 0 Å². The second-order valence-corrected chi connectivity index (χ2v) is 6.16. The summed E-state index contributed by atoms with van der Waals surface area (Å²) in [5.74, 6) is 0.620. The molecule has 106 valence electrons. The Morgan fingerprint density at radius 1 is 1.00 bits per heavy atom. The second kappa shape index (κ2) is 6.95. The Morgan fingerprint density at radius 2 is 1.65 bits per heavy atom. The fraction of sp³-hybridized carbons (Fsp3) is 0.368. The van der Waals surface area contributed by atoms with Crippen LogP contribution in [0.25, 0.3) is 0 Å². The van der Waals surface area contributed by atoms with E-state index in [0.717, 1.165) is 6.42 Å². The Hall–Kier alpha value is -1.27. The molecule has 0 amide bonds. The van der Waals surface area contributed by atoms with Gasteiger partial charge in [0.25, 0.3) is 0 Å². The van der Waals surface area contributed by atoms with Crippen molar-refractivity contribution in [1.29, 1.82) is 0 Å². The summed E-state index contributed by atoms with van der Waals surface area (Å²) >= 11 is 6.56. The summed E-state index contributed by atoms with van der Waals surface area (Å²) in [6, 6.07) is 17.4. The molecule has 0 aliphatic rings. The highest BCUT2D eigenvalue weighted by molar-refractivity contribution is 6.20. The van der Waals surface area contributed by atoms with Gasteiger partial charge in [-0.3, -0.25) is 0 Å². The van der Waals surface area contributed by atoms with E-state index in [4.69, 9.17) is 11.6 Å². The molecule has 0 nitrogen and oxygen atoms in total. The number of hydrogen-bond donors (Lipinski definition) is 0. The van der Waals surface area contributed by atoms with Gasteiger partial charge in [-0.15, -0.1) is 11.6 Å². The number of hydrogen-bond acceptors (Lipinski definition) is 0. The van der Waals surface area contributed by atoms with Gasteiger partial charge in [0.2, 0.25) is 0 Å². The number of benzene rings is 2. The summed E-state index contributed by atoms with van der Waals surface area (Å²) in [6.45, 7) is 6.61. The summed E-state index contributed by atoms with van der Waals surface area (Å²) in [5.41, 5.74) is 5.20. The predicted molar refractivity (Wildman–Crippen MR) is 88.6 cm³/mol. The molecule has 0 bridgehead atoms. The van der Waals surface area contributed by atoms with Crippen molar-refractivity contribution in [3.63, 3.8) is 0 Å². The first-order valence-electron chi connectivity index (χ1n) is 7.39. The third-order valence-corrected chi connectivity index (χ3v) is 4.38. The molecule has 2 unspecified atom stereocenters. The van der Waals surface area contributed by atoms with Crippen LogP contribution in [0.1, 0.15) is 53.8 Å². The third-order valence-electron chi connectivity index (χ3n) is 3.98. The zero-order valence-corrected chi connectivity index (χ0v) is 13.3. The number of halogens is 1. The normalized spacial score (nSPS) is 14.0. The largest absolute Gasteiger partial charge is 0.117 e. The first kappa shape index (κ1) is 15.1. The quantitative estimate of drug-likeness (QED) is 0.589. The molecule has 0 heterocycles. The average Bonchev–Trinajstić information content (AvgIpc) is 2.46. The molecule has 2 aromatic rings. The lowest BCUT2D eigenvalue weighted by molar-refractivity contribution is 0.732. The van der Waals surface area contributed by atoms with Crippen molar-refractivity contribution in [2.24, 2.45) is 0 Å². The minimum absolute atomic E-state index is 0.0442. The first-order chi connectivity index (χ1) is 9.60. The van der Waals surface area contributed by atoms with E-state index in [-0.39, 0.29) is 5.38 Å². The summed E-state index contributed by atoms with van der Waals surface area (Å²) in [4.78, 5) is 0. The molecule has 1 heteroatoms. The SMILES string of the molecule is CCC(C)c1ccc(C(Cl)Cc2cccc(C)c2)cc1. The summed E-state index contributed by atoms with van der Waals surface area (Å²) < 4.78 is 0. The van der Waals surface area contributed by atoms with Crippen molar-refractivity contribution < 1.29 is 0 Å². The lowest BCUT2D eigenvalue weighted by atomic mass is 9.96. The van der Waals surface area contributed by atoms with Crippen molar-refractivity contribution in [3.8, 4) is 0 Å². The summed E-state index contributed by atoms with van der Waals surface area (Å²) in [6.07, 6.45) is 2.05.